The van der Waals surface area contributed by atoms with Gasteiger partial charge in [-0.2, -0.15) is 0 Å². The van der Waals surface area contributed by atoms with Crippen molar-refractivity contribution < 1.29 is 14.4 Å². The number of hydrogen-bond donors (Lipinski definition) is 3. The number of nitrogens with one attached hydrogen (secondary N) is 3. The third kappa shape index (κ3) is 7.31. The molecule has 0 spiro atoms. The van der Waals surface area contributed by atoms with Crippen LogP contribution in [0.2, 0.25) is 0 Å². The second kappa shape index (κ2) is 12.9. The van der Waals surface area contributed by atoms with E-state index in [4.69, 9.17) is 0 Å². The number of aliphatic imine (C=N–C) groups is 1. The van der Waals surface area contributed by atoms with Crippen molar-refractivity contribution in [1.29, 1.82) is 0 Å². The van der Waals surface area contributed by atoms with Crippen molar-refractivity contribution in [2.75, 3.05) is 39.3 Å². The van der Waals surface area contributed by atoms with Gasteiger partial charge in [0.05, 0.1) is 19.6 Å². The van der Waals surface area contributed by atoms with Gasteiger partial charge >= 0.3 is 6.03 Å². The molecule has 0 radical (unpaired) electrons. The molecule has 0 unspecified atom stereocenters. The molecular weight excluding hydrogens is 487 g/mol. The Kier molecular flexibility index (Phi) is 11.3. The first-order chi connectivity index (χ1) is 13.5. The molecule has 0 aliphatic carbocycles. The Morgan fingerprint density at radius 3 is 2.38 bits per heavy atom. The number of carbonyl (C=O) groups is 3. The molecule has 0 bridgehead atoms. The standard InChI is InChI=1S/C19H34N6O3.HI/c1-4-14(5-2)17(27)24-10-7-15(8-11-24)23-18(20-6-3)21-9-12-25-16(26)13-22-19(25)28;/h14-15H,4-13H2,1-3H3,(H,22,28)(H2,20,21,23);1H. The number of urea groups is 1. The fourth-order valence-corrected chi connectivity index (χ4v) is 3.60. The first-order valence-corrected chi connectivity index (χ1v) is 10.4. The van der Waals surface area contributed by atoms with Gasteiger partial charge in [-0.1, -0.05) is 13.8 Å². The van der Waals surface area contributed by atoms with Crippen LogP contribution < -0.4 is 16.0 Å². The Morgan fingerprint density at radius 1 is 1.21 bits per heavy atom. The first kappa shape index (κ1) is 25.4. The normalized spacial score (nSPS) is 18.0. The highest BCUT2D eigenvalue weighted by atomic mass is 127. The lowest BCUT2D eigenvalue weighted by Crippen LogP contribution is -2.50. The lowest BCUT2D eigenvalue weighted by molar-refractivity contribution is -0.136. The van der Waals surface area contributed by atoms with E-state index < -0.39 is 0 Å². The van der Waals surface area contributed by atoms with E-state index in [0.717, 1.165) is 45.3 Å². The molecule has 2 aliphatic heterocycles. The number of likely N-dealkylation sites (tertiary alicyclic amines) is 1. The number of halogens is 1. The number of rotatable bonds is 8. The lowest BCUT2D eigenvalue weighted by Gasteiger charge is -2.34. The van der Waals surface area contributed by atoms with Crippen molar-refractivity contribution in [1.82, 2.24) is 25.8 Å². The summed E-state index contributed by atoms with van der Waals surface area (Å²) < 4.78 is 0. The number of carbonyl (C=O) groups excluding carboxylic acids is 3. The zero-order chi connectivity index (χ0) is 20.5. The summed E-state index contributed by atoms with van der Waals surface area (Å²) in [4.78, 5) is 43.4. The van der Waals surface area contributed by atoms with Gasteiger partial charge in [0, 0.05) is 31.6 Å². The number of piperidine rings is 1. The van der Waals surface area contributed by atoms with E-state index in [9.17, 15) is 14.4 Å². The van der Waals surface area contributed by atoms with Crippen LogP contribution in [0.4, 0.5) is 4.79 Å². The Bertz CT molecular complexity index is 572. The van der Waals surface area contributed by atoms with Gasteiger partial charge in [-0.25, -0.2) is 4.79 Å². The van der Waals surface area contributed by atoms with Crippen molar-refractivity contribution in [3.63, 3.8) is 0 Å². The molecule has 2 aliphatic rings. The van der Waals surface area contributed by atoms with Gasteiger partial charge in [0.15, 0.2) is 5.96 Å². The Hall–Kier alpha value is -1.59. The van der Waals surface area contributed by atoms with E-state index in [2.05, 4.69) is 34.8 Å². The summed E-state index contributed by atoms with van der Waals surface area (Å²) in [7, 11) is 0. The molecule has 0 aromatic heterocycles. The van der Waals surface area contributed by atoms with Gasteiger partial charge in [-0.3, -0.25) is 19.5 Å². The summed E-state index contributed by atoms with van der Waals surface area (Å²) in [5.74, 6) is 0.874. The summed E-state index contributed by atoms with van der Waals surface area (Å²) in [5, 5.41) is 9.12. The number of imide groups is 1. The first-order valence-electron chi connectivity index (χ1n) is 10.4. The fraction of sp³-hybridized carbons (Fsp3) is 0.789. The average molecular weight is 522 g/mol. The highest BCUT2D eigenvalue weighted by molar-refractivity contribution is 14.0. The van der Waals surface area contributed by atoms with E-state index in [1.807, 2.05) is 11.8 Å². The van der Waals surface area contributed by atoms with E-state index in [1.54, 1.807) is 0 Å². The fourth-order valence-electron chi connectivity index (χ4n) is 3.60. The van der Waals surface area contributed by atoms with Crippen molar-refractivity contribution in [2.24, 2.45) is 10.9 Å². The van der Waals surface area contributed by atoms with Crippen molar-refractivity contribution in [2.45, 2.75) is 52.5 Å². The van der Waals surface area contributed by atoms with Crippen LogP contribution in [0.25, 0.3) is 0 Å². The smallest absolute Gasteiger partial charge is 0.324 e. The molecule has 2 heterocycles. The van der Waals surface area contributed by atoms with Crippen molar-refractivity contribution in [3.05, 3.63) is 0 Å². The van der Waals surface area contributed by atoms with E-state index in [-0.39, 0.29) is 66.9 Å². The molecule has 0 aromatic carbocycles. The largest absolute Gasteiger partial charge is 0.357 e. The predicted octanol–water partition coefficient (Wildman–Crippen LogP) is 1.14. The van der Waals surface area contributed by atoms with Gasteiger partial charge in [0.2, 0.25) is 11.8 Å². The van der Waals surface area contributed by atoms with Gasteiger partial charge < -0.3 is 20.9 Å². The zero-order valence-corrected chi connectivity index (χ0v) is 20.0. The molecule has 4 amide bonds. The molecule has 166 valence electrons. The third-order valence-corrected chi connectivity index (χ3v) is 5.36. The van der Waals surface area contributed by atoms with E-state index >= 15 is 0 Å². The Morgan fingerprint density at radius 2 is 1.86 bits per heavy atom. The molecule has 0 aromatic rings. The highest BCUT2D eigenvalue weighted by Crippen LogP contribution is 2.17. The van der Waals surface area contributed by atoms with Crippen LogP contribution in [0.1, 0.15) is 46.5 Å². The van der Waals surface area contributed by atoms with Crippen LogP contribution in [0.3, 0.4) is 0 Å². The van der Waals surface area contributed by atoms with Gasteiger partial charge in [0.25, 0.3) is 0 Å². The quantitative estimate of drug-likeness (QED) is 0.192. The predicted molar refractivity (Wildman–Crippen MR) is 123 cm³/mol. The number of hydrogen-bond acceptors (Lipinski definition) is 4. The summed E-state index contributed by atoms with van der Waals surface area (Å²) in [6.07, 6.45) is 3.54. The van der Waals surface area contributed by atoms with Crippen molar-refractivity contribution >= 4 is 47.8 Å². The molecule has 0 atom stereocenters. The molecule has 29 heavy (non-hydrogen) atoms. The van der Waals surface area contributed by atoms with Crippen LogP contribution >= 0.6 is 24.0 Å². The van der Waals surface area contributed by atoms with Crippen molar-refractivity contribution in [3.8, 4) is 0 Å². The second-order valence-corrected chi connectivity index (χ2v) is 7.22. The van der Waals surface area contributed by atoms with E-state index in [1.165, 1.54) is 4.90 Å². The minimum Gasteiger partial charge on any atom is -0.357 e. The summed E-state index contributed by atoms with van der Waals surface area (Å²) in [5.41, 5.74) is 0. The number of amides is 4. The summed E-state index contributed by atoms with van der Waals surface area (Å²) >= 11 is 0. The van der Waals surface area contributed by atoms with Crippen LogP contribution in [0.15, 0.2) is 4.99 Å². The number of nitrogens with zero attached hydrogens (tertiary/aromatic N) is 3. The molecule has 2 fully saturated rings. The molecular formula is C19H35IN6O3. The summed E-state index contributed by atoms with van der Waals surface area (Å²) in [6, 6.07) is -0.104. The lowest BCUT2D eigenvalue weighted by atomic mass is 9.98. The van der Waals surface area contributed by atoms with E-state index in [0.29, 0.717) is 12.5 Å². The van der Waals surface area contributed by atoms with Gasteiger partial charge in [-0.15, -0.1) is 24.0 Å². The van der Waals surface area contributed by atoms with Crippen LogP contribution in [0, 0.1) is 5.92 Å². The van der Waals surface area contributed by atoms with Gasteiger partial charge in [0.1, 0.15) is 0 Å². The molecule has 10 heteroatoms. The zero-order valence-electron chi connectivity index (χ0n) is 17.7. The molecule has 3 N–H and O–H groups in total. The maximum atomic E-state index is 12.5. The van der Waals surface area contributed by atoms with Crippen LogP contribution in [0.5, 0.6) is 0 Å². The molecule has 0 saturated carbocycles. The SMILES string of the molecule is CCNC(=NCCN1C(=O)CNC1=O)NC1CCN(C(=O)C(CC)CC)CC1.I. The molecule has 2 saturated heterocycles. The topological polar surface area (TPSA) is 106 Å². The van der Waals surface area contributed by atoms with Gasteiger partial charge in [-0.05, 0) is 32.6 Å². The minimum atomic E-state index is -0.354. The maximum Gasteiger partial charge on any atom is 0.324 e. The molecule has 9 nitrogen and oxygen atoms in total. The Balaban J connectivity index is 0.00000420. The van der Waals surface area contributed by atoms with Crippen LogP contribution in [-0.4, -0.2) is 78.9 Å². The summed E-state index contributed by atoms with van der Waals surface area (Å²) in [6.45, 7) is 9.05. The second-order valence-electron chi connectivity index (χ2n) is 7.22. The maximum absolute atomic E-state index is 12.5. The third-order valence-electron chi connectivity index (χ3n) is 5.36. The Labute approximate surface area is 190 Å². The molecule has 2 rings (SSSR count). The monoisotopic (exact) mass is 522 g/mol. The van der Waals surface area contributed by atoms with Crippen LogP contribution in [-0.2, 0) is 9.59 Å². The minimum absolute atomic E-state index is 0. The number of guanidine groups is 1. The highest BCUT2D eigenvalue weighted by Gasteiger charge is 2.28. The average Bonchev–Trinajstić information content (AvgIpc) is 3.01.